The fourth-order valence-corrected chi connectivity index (χ4v) is 4.72. The molecule has 0 bridgehead atoms. The average molecular weight is 404 g/mol. The van der Waals surface area contributed by atoms with Crippen LogP contribution in [0.3, 0.4) is 0 Å². The highest BCUT2D eigenvalue weighted by Crippen LogP contribution is 2.33. The Morgan fingerprint density at radius 1 is 1.21 bits per heavy atom. The van der Waals surface area contributed by atoms with Crippen LogP contribution in [0.5, 0.6) is 0 Å². The van der Waals surface area contributed by atoms with E-state index in [1.165, 1.54) is 10.5 Å². The summed E-state index contributed by atoms with van der Waals surface area (Å²) in [5.74, 6) is -2.14. The molecule has 2 aromatic heterocycles. The van der Waals surface area contributed by atoms with Crippen LogP contribution in [0.15, 0.2) is 12.3 Å². The molecule has 5 rings (SSSR count). The number of carbonyl (C=O) groups excluding carboxylic acids is 1. The van der Waals surface area contributed by atoms with Gasteiger partial charge < -0.3 is 15.1 Å². The largest absolute Gasteiger partial charge is 0.354 e. The van der Waals surface area contributed by atoms with Gasteiger partial charge in [0.25, 0.3) is 5.92 Å². The number of alkyl halides is 2. The van der Waals surface area contributed by atoms with Crippen LogP contribution in [-0.2, 0) is 17.6 Å². The van der Waals surface area contributed by atoms with Crippen molar-refractivity contribution in [3.8, 4) is 0 Å². The Bertz CT molecular complexity index is 923. The molecule has 0 aliphatic carbocycles. The van der Waals surface area contributed by atoms with Crippen LogP contribution in [0.2, 0.25) is 0 Å². The molecule has 0 spiro atoms. The van der Waals surface area contributed by atoms with E-state index in [0.717, 1.165) is 43.1 Å². The van der Waals surface area contributed by atoms with Gasteiger partial charge in [0, 0.05) is 50.7 Å². The van der Waals surface area contributed by atoms with Gasteiger partial charge in [0.2, 0.25) is 5.91 Å². The molecule has 2 fully saturated rings. The SMILES string of the molecule is O=C(C1CN(c2c3c(nc4ccnn24)CCNCC3)C1)N1CCCCC(F)(F)C1. The van der Waals surface area contributed by atoms with Crippen molar-refractivity contribution in [2.24, 2.45) is 5.92 Å². The Morgan fingerprint density at radius 2 is 2.03 bits per heavy atom. The summed E-state index contributed by atoms with van der Waals surface area (Å²) in [6, 6.07) is 1.89. The third kappa shape index (κ3) is 3.45. The van der Waals surface area contributed by atoms with Crippen LogP contribution in [0.1, 0.15) is 30.5 Å². The van der Waals surface area contributed by atoms with Crippen LogP contribution in [-0.4, -0.2) is 70.6 Å². The summed E-state index contributed by atoms with van der Waals surface area (Å²) in [6.45, 7) is 2.85. The monoisotopic (exact) mass is 404 g/mol. The van der Waals surface area contributed by atoms with E-state index in [1.54, 1.807) is 6.20 Å². The first-order valence-electron chi connectivity index (χ1n) is 10.5. The quantitative estimate of drug-likeness (QED) is 0.822. The molecule has 2 aromatic rings. The molecule has 1 amide bonds. The number of hydrogen-bond acceptors (Lipinski definition) is 5. The first-order valence-corrected chi connectivity index (χ1v) is 10.5. The van der Waals surface area contributed by atoms with E-state index >= 15 is 0 Å². The number of rotatable bonds is 2. The van der Waals surface area contributed by atoms with Gasteiger partial charge in [-0.15, -0.1) is 0 Å². The van der Waals surface area contributed by atoms with Crippen molar-refractivity contribution in [3.63, 3.8) is 0 Å². The van der Waals surface area contributed by atoms with Crippen molar-refractivity contribution in [1.82, 2.24) is 24.8 Å². The summed E-state index contributed by atoms with van der Waals surface area (Å²) in [7, 11) is 0. The lowest BCUT2D eigenvalue weighted by molar-refractivity contribution is -0.141. The molecule has 29 heavy (non-hydrogen) atoms. The first-order chi connectivity index (χ1) is 14.0. The molecule has 0 saturated carbocycles. The number of fused-ring (bicyclic) bond motifs is 2. The molecule has 156 valence electrons. The fourth-order valence-electron chi connectivity index (χ4n) is 4.72. The number of likely N-dealkylation sites (tertiary alicyclic amines) is 1. The molecule has 0 atom stereocenters. The number of amides is 1. The predicted molar refractivity (Wildman–Crippen MR) is 104 cm³/mol. The van der Waals surface area contributed by atoms with Gasteiger partial charge in [0.05, 0.1) is 24.4 Å². The van der Waals surface area contributed by atoms with E-state index in [0.29, 0.717) is 32.5 Å². The Labute approximate surface area is 168 Å². The summed E-state index contributed by atoms with van der Waals surface area (Å²) >= 11 is 0. The lowest BCUT2D eigenvalue weighted by atomic mass is 9.96. The number of nitrogens with zero attached hydrogens (tertiary/aromatic N) is 5. The summed E-state index contributed by atoms with van der Waals surface area (Å²) in [6.07, 6.45) is 4.47. The van der Waals surface area contributed by atoms with E-state index in [-0.39, 0.29) is 18.2 Å². The fraction of sp³-hybridized carbons (Fsp3) is 0.650. The van der Waals surface area contributed by atoms with Gasteiger partial charge in [-0.2, -0.15) is 9.61 Å². The Balaban J connectivity index is 1.37. The molecule has 3 aliphatic heterocycles. The van der Waals surface area contributed by atoms with Crippen molar-refractivity contribution in [1.29, 1.82) is 0 Å². The second kappa shape index (κ2) is 7.19. The molecular weight excluding hydrogens is 378 g/mol. The summed E-state index contributed by atoms with van der Waals surface area (Å²) in [5, 5.41) is 7.86. The minimum absolute atomic E-state index is 0.123. The van der Waals surface area contributed by atoms with Gasteiger partial charge in [-0.25, -0.2) is 13.8 Å². The maximum atomic E-state index is 13.9. The number of nitrogens with one attached hydrogen (secondary N) is 1. The van der Waals surface area contributed by atoms with Crippen LogP contribution < -0.4 is 10.2 Å². The Hall–Kier alpha value is -2.29. The van der Waals surface area contributed by atoms with Gasteiger partial charge in [-0.1, -0.05) is 0 Å². The number of carbonyl (C=O) groups is 1. The van der Waals surface area contributed by atoms with Gasteiger partial charge in [0.1, 0.15) is 5.82 Å². The van der Waals surface area contributed by atoms with Gasteiger partial charge in [-0.05, 0) is 25.8 Å². The summed E-state index contributed by atoms with van der Waals surface area (Å²) in [4.78, 5) is 21.2. The van der Waals surface area contributed by atoms with Crippen LogP contribution >= 0.6 is 0 Å². The third-order valence-electron chi connectivity index (χ3n) is 6.27. The zero-order valence-electron chi connectivity index (χ0n) is 16.4. The Kier molecular flexibility index (Phi) is 4.64. The number of halogens is 2. The summed E-state index contributed by atoms with van der Waals surface area (Å²) < 4.78 is 29.7. The maximum absolute atomic E-state index is 13.9. The first kappa shape index (κ1) is 18.7. The van der Waals surface area contributed by atoms with E-state index < -0.39 is 12.5 Å². The van der Waals surface area contributed by atoms with Crippen LogP contribution in [0, 0.1) is 5.92 Å². The van der Waals surface area contributed by atoms with Crippen LogP contribution in [0.4, 0.5) is 14.6 Å². The van der Waals surface area contributed by atoms with Crippen molar-refractivity contribution >= 4 is 17.4 Å². The van der Waals surface area contributed by atoms with Gasteiger partial charge in [0.15, 0.2) is 5.65 Å². The number of aromatic nitrogens is 3. The lowest BCUT2D eigenvalue weighted by Gasteiger charge is -2.43. The van der Waals surface area contributed by atoms with Gasteiger partial charge >= 0.3 is 0 Å². The predicted octanol–water partition coefficient (Wildman–Crippen LogP) is 1.50. The molecule has 0 aromatic carbocycles. The maximum Gasteiger partial charge on any atom is 0.265 e. The second-order valence-corrected chi connectivity index (χ2v) is 8.39. The average Bonchev–Trinajstić information content (AvgIpc) is 2.87. The number of hydrogen-bond donors (Lipinski definition) is 1. The molecule has 1 N–H and O–H groups in total. The highest BCUT2D eigenvalue weighted by Gasteiger charge is 2.42. The molecule has 0 unspecified atom stereocenters. The van der Waals surface area contributed by atoms with E-state index in [1.807, 2.05) is 10.6 Å². The topological polar surface area (TPSA) is 65.8 Å². The molecule has 2 saturated heterocycles. The number of anilines is 1. The van der Waals surface area contributed by atoms with Crippen molar-refractivity contribution in [3.05, 3.63) is 23.5 Å². The van der Waals surface area contributed by atoms with E-state index in [4.69, 9.17) is 4.98 Å². The molecule has 5 heterocycles. The van der Waals surface area contributed by atoms with E-state index in [9.17, 15) is 13.6 Å². The van der Waals surface area contributed by atoms with Crippen LogP contribution in [0.25, 0.3) is 5.65 Å². The van der Waals surface area contributed by atoms with Crippen molar-refractivity contribution in [2.75, 3.05) is 44.2 Å². The van der Waals surface area contributed by atoms with Gasteiger partial charge in [-0.3, -0.25) is 4.79 Å². The molecule has 3 aliphatic rings. The van der Waals surface area contributed by atoms with E-state index in [2.05, 4.69) is 15.3 Å². The third-order valence-corrected chi connectivity index (χ3v) is 6.27. The standard InChI is InChI=1S/C20H26F2N6O/c21-20(22)6-1-2-10-26(13-20)19(29)14-11-27(12-14)18-15-3-7-23-8-4-16(15)25-17-5-9-24-28(17)18/h5,9,14,23H,1-4,6-8,10-13H2. The van der Waals surface area contributed by atoms with Crippen molar-refractivity contribution < 1.29 is 13.6 Å². The zero-order valence-corrected chi connectivity index (χ0v) is 16.4. The Morgan fingerprint density at radius 3 is 2.90 bits per heavy atom. The highest BCUT2D eigenvalue weighted by molar-refractivity contribution is 5.82. The molecule has 0 radical (unpaired) electrons. The summed E-state index contributed by atoms with van der Waals surface area (Å²) in [5.41, 5.74) is 3.07. The molecule has 7 nitrogen and oxygen atoms in total. The smallest absolute Gasteiger partial charge is 0.265 e. The zero-order chi connectivity index (χ0) is 20.0. The lowest BCUT2D eigenvalue weighted by Crippen LogP contribution is -2.56. The minimum Gasteiger partial charge on any atom is -0.354 e. The second-order valence-electron chi connectivity index (χ2n) is 8.39. The highest BCUT2D eigenvalue weighted by atomic mass is 19.3. The minimum atomic E-state index is -2.77. The van der Waals surface area contributed by atoms with Crippen molar-refractivity contribution in [2.45, 2.75) is 38.0 Å². The molecular formula is C20H26F2N6O. The normalized spacial score (nSPS) is 22.7. The molecule has 9 heteroatoms.